The zero-order valence-corrected chi connectivity index (χ0v) is 12.7. The number of nitrogens with two attached hydrogens (primary N) is 1. The average Bonchev–Trinajstić information content (AvgIpc) is 2.46. The van der Waals surface area contributed by atoms with Crippen LogP contribution in [0.15, 0.2) is 22.7 Å². The summed E-state index contributed by atoms with van der Waals surface area (Å²) in [5.74, 6) is 6.88. The lowest BCUT2D eigenvalue weighted by Crippen LogP contribution is -2.19. The van der Waals surface area contributed by atoms with E-state index in [4.69, 9.17) is 10.6 Å². The van der Waals surface area contributed by atoms with Gasteiger partial charge in [0.2, 0.25) is 0 Å². The summed E-state index contributed by atoms with van der Waals surface area (Å²) < 4.78 is 6.42. The summed E-state index contributed by atoms with van der Waals surface area (Å²) in [4.78, 5) is 9.17. The first-order valence-corrected chi connectivity index (χ1v) is 7.19. The highest BCUT2D eigenvalue weighted by atomic mass is 79.9. The lowest BCUT2D eigenvalue weighted by atomic mass is 10.1. The Labute approximate surface area is 125 Å². The van der Waals surface area contributed by atoms with Crippen molar-refractivity contribution in [2.24, 2.45) is 5.84 Å². The quantitative estimate of drug-likeness (QED) is 0.652. The molecule has 0 fully saturated rings. The molecule has 1 aliphatic rings. The Kier molecular flexibility index (Phi) is 3.69. The van der Waals surface area contributed by atoms with Crippen LogP contribution in [-0.4, -0.2) is 16.6 Å². The second kappa shape index (κ2) is 5.47. The number of hydrogen-bond donors (Lipinski definition) is 2. The summed E-state index contributed by atoms with van der Waals surface area (Å²) in [7, 11) is 0. The molecule has 5 nitrogen and oxygen atoms in total. The Morgan fingerprint density at radius 2 is 2.20 bits per heavy atom. The van der Waals surface area contributed by atoms with Crippen molar-refractivity contribution in [1.29, 1.82) is 0 Å². The Morgan fingerprint density at radius 1 is 1.35 bits per heavy atom. The van der Waals surface area contributed by atoms with Crippen molar-refractivity contribution in [2.75, 3.05) is 12.0 Å². The molecule has 0 aliphatic carbocycles. The molecule has 0 amide bonds. The Bertz CT molecular complexity index is 643. The van der Waals surface area contributed by atoms with Gasteiger partial charge in [-0.05, 0) is 24.6 Å². The van der Waals surface area contributed by atoms with Crippen molar-refractivity contribution in [1.82, 2.24) is 9.97 Å². The van der Waals surface area contributed by atoms with Gasteiger partial charge in [-0.2, -0.15) is 0 Å². The number of nitrogen functional groups attached to an aromatic ring is 1. The molecule has 2 aromatic rings. The molecule has 20 heavy (non-hydrogen) atoms. The van der Waals surface area contributed by atoms with Gasteiger partial charge in [-0.1, -0.05) is 22.0 Å². The number of benzene rings is 1. The van der Waals surface area contributed by atoms with Gasteiger partial charge in [0.1, 0.15) is 5.82 Å². The van der Waals surface area contributed by atoms with Crippen LogP contribution in [0.2, 0.25) is 0 Å². The average molecular weight is 335 g/mol. The van der Waals surface area contributed by atoms with Crippen molar-refractivity contribution < 1.29 is 4.74 Å². The highest BCUT2D eigenvalue weighted by Crippen LogP contribution is 2.30. The van der Waals surface area contributed by atoms with Crippen molar-refractivity contribution in [3.05, 3.63) is 39.5 Å². The molecule has 1 aliphatic heterocycles. The zero-order valence-electron chi connectivity index (χ0n) is 11.1. The van der Waals surface area contributed by atoms with Crippen molar-refractivity contribution in [3.63, 3.8) is 0 Å². The molecule has 0 unspecified atom stereocenters. The third-order valence-corrected chi connectivity index (χ3v) is 3.98. The van der Waals surface area contributed by atoms with Gasteiger partial charge >= 0.3 is 0 Å². The predicted octanol–water partition coefficient (Wildman–Crippen LogP) is 2.57. The van der Waals surface area contributed by atoms with Crippen LogP contribution in [0.5, 0.6) is 0 Å². The molecule has 0 atom stereocenters. The van der Waals surface area contributed by atoms with E-state index in [-0.39, 0.29) is 0 Å². The van der Waals surface area contributed by atoms with Crippen LogP contribution in [0.3, 0.4) is 0 Å². The number of halogens is 1. The highest BCUT2D eigenvalue weighted by Gasteiger charge is 2.19. The van der Waals surface area contributed by atoms with E-state index in [1.807, 2.05) is 19.1 Å². The molecule has 3 N–H and O–H groups in total. The van der Waals surface area contributed by atoms with E-state index in [0.29, 0.717) is 24.9 Å². The van der Waals surface area contributed by atoms with Crippen molar-refractivity contribution in [3.8, 4) is 11.4 Å². The van der Waals surface area contributed by atoms with E-state index in [2.05, 4.69) is 37.4 Å². The van der Waals surface area contributed by atoms with Crippen LogP contribution in [0.1, 0.15) is 16.8 Å². The predicted molar refractivity (Wildman–Crippen MR) is 81.1 cm³/mol. The second-order valence-electron chi connectivity index (χ2n) is 4.75. The van der Waals surface area contributed by atoms with E-state index < -0.39 is 0 Å². The number of ether oxygens (including phenoxy) is 1. The minimum Gasteiger partial charge on any atom is -0.376 e. The first-order chi connectivity index (χ1) is 9.69. The van der Waals surface area contributed by atoms with Gasteiger partial charge in [-0.25, -0.2) is 15.8 Å². The largest absolute Gasteiger partial charge is 0.376 e. The van der Waals surface area contributed by atoms with Crippen LogP contribution in [-0.2, 0) is 17.8 Å². The summed E-state index contributed by atoms with van der Waals surface area (Å²) in [5, 5.41) is 0. The zero-order chi connectivity index (χ0) is 14.1. The summed E-state index contributed by atoms with van der Waals surface area (Å²) in [5.41, 5.74) is 6.75. The van der Waals surface area contributed by atoms with E-state index in [9.17, 15) is 0 Å². The number of nitrogens with zero attached hydrogens (tertiary/aromatic N) is 2. The molecule has 2 heterocycles. The number of aryl methyl sites for hydroxylation is 1. The minimum atomic E-state index is 0.504. The molecular formula is C14H15BrN4O. The van der Waals surface area contributed by atoms with E-state index in [1.165, 1.54) is 5.56 Å². The molecule has 0 saturated heterocycles. The molecule has 1 aromatic heterocycles. The molecule has 0 bridgehead atoms. The van der Waals surface area contributed by atoms with Gasteiger partial charge in [0.05, 0.1) is 18.9 Å². The third-order valence-electron chi connectivity index (χ3n) is 3.32. The first-order valence-electron chi connectivity index (χ1n) is 6.39. The summed E-state index contributed by atoms with van der Waals surface area (Å²) >= 11 is 3.57. The molecule has 0 radical (unpaired) electrons. The molecule has 6 heteroatoms. The van der Waals surface area contributed by atoms with Crippen molar-refractivity contribution >= 4 is 21.7 Å². The van der Waals surface area contributed by atoms with Crippen LogP contribution in [0.25, 0.3) is 11.4 Å². The van der Waals surface area contributed by atoms with Crippen molar-refractivity contribution in [2.45, 2.75) is 20.0 Å². The third kappa shape index (κ3) is 2.42. The first kappa shape index (κ1) is 13.5. The fraction of sp³-hybridized carbons (Fsp3) is 0.286. The summed E-state index contributed by atoms with van der Waals surface area (Å²) in [6.07, 6.45) is 0.781. The lowest BCUT2D eigenvalue weighted by molar-refractivity contribution is 0.109. The number of hydrogen-bond acceptors (Lipinski definition) is 5. The van der Waals surface area contributed by atoms with Gasteiger partial charge in [0, 0.05) is 22.0 Å². The SMILES string of the molecule is Cc1ccc(-c2nc3c(c(NN)n2)COCC3)c(Br)c1. The maximum atomic E-state index is 5.58. The monoisotopic (exact) mass is 334 g/mol. The Morgan fingerprint density at radius 3 is 2.95 bits per heavy atom. The number of aromatic nitrogens is 2. The molecule has 3 rings (SSSR count). The standard InChI is InChI=1S/C14H15BrN4O/c1-8-2-3-9(11(15)6-8)13-17-12-4-5-20-7-10(12)14(18-13)19-16/h2-3,6H,4-5,7,16H2,1H3,(H,17,18,19). The van der Waals surface area contributed by atoms with Gasteiger partial charge in [-0.3, -0.25) is 0 Å². The van der Waals surface area contributed by atoms with Gasteiger partial charge in [0.25, 0.3) is 0 Å². The normalized spacial score (nSPS) is 13.9. The molecule has 1 aromatic carbocycles. The summed E-state index contributed by atoms with van der Waals surface area (Å²) in [6.45, 7) is 3.24. The number of rotatable bonds is 2. The fourth-order valence-corrected chi connectivity index (χ4v) is 2.94. The Balaban J connectivity index is 2.14. The van der Waals surface area contributed by atoms with E-state index >= 15 is 0 Å². The topological polar surface area (TPSA) is 73.1 Å². The maximum absolute atomic E-state index is 5.58. The highest BCUT2D eigenvalue weighted by molar-refractivity contribution is 9.10. The Hall–Kier alpha value is -1.50. The number of nitrogens with one attached hydrogen (secondary N) is 1. The van der Waals surface area contributed by atoms with Crippen LogP contribution >= 0.6 is 15.9 Å². The molecule has 0 saturated carbocycles. The molecule has 0 spiro atoms. The van der Waals surface area contributed by atoms with Crippen LogP contribution in [0.4, 0.5) is 5.82 Å². The van der Waals surface area contributed by atoms with Crippen LogP contribution < -0.4 is 11.3 Å². The fourth-order valence-electron chi connectivity index (χ4n) is 2.27. The lowest BCUT2D eigenvalue weighted by Gasteiger charge is -2.19. The minimum absolute atomic E-state index is 0.504. The van der Waals surface area contributed by atoms with Gasteiger partial charge in [0.15, 0.2) is 5.82 Å². The number of anilines is 1. The van der Waals surface area contributed by atoms with Gasteiger partial charge in [-0.15, -0.1) is 0 Å². The summed E-state index contributed by atoms with van der Waals surface area (Å²) in [6, 6.07) is 6.11. The second-order valence-corrected chi connectivity index (χ2v) is 5.61. The smallest absolute Gasteiger partial charge is 0.162 e. The molecular weight excluding hydrogens is 320 g/mol. The molecule has 104 valence electrons. The van der Waals surface area contributed by atoms with Gasteiger partial charge < -0.3 is 10.2 Å². The van der Waals surface area contributed by atoms with E-state index in [0.717, 1.165) is 27.7 Å². The number of hydrazine groups is 1. The van der Waals surface area contributed by atoms with E-state index in [1.54, 1.807) is 0 Å². The number of fused-ring (bicyclic) bond motifs is 1. The van der Waals surface area contributed by atoms with Crippen LogP contribution in [0, 0.1) is 6.92 Å². The maximum Gasteiger partial charge on any atom is 0.162 e.